The van der Waals surface area contributed by atoms with Gasteiger partial charge in [-0.05, 0) is 33.3 Å². The lowest BCUT2D eigenvalue weighted by molar-refractivity contribution is 0.415. The molecule has 0 unspecified atom stereocenters. The van der Waals surface area contributed by atoms with Crippen molar-refractivity contribution < 1.29 is 8.42 Å². The Kier molecular flexibility index (Phi) is 4.93. The average Bonchev–Trinajstić information content (AvgIpc) is 2.29. The number of sulfone groups is 1. The monoisotopic (exact) mass is 269 g/mol. The van der Waals surface area contributed by atoms with Gasteiger partial charge in [-0.1, -0.05) is 30.3 Å². The van der Waals surface area contributed by atoms with Gasteiger partial charge >= 0.3 is 0 Å². The van der Waals surface area contributed by atoms with Gasteiger partial charge in [0, 0.05) is 12.1 Å². The third kappa shape index (κ3) is 4.10. The van der Waals surface area contributed by atoms with E-state index in [1.165, 1.54) is 0 Å². The van der Waals surface area contributed by atoms with E-state index in [-0.39, 0.29) is 16.5 Å². The molecule has 0 saturated carbocycles. The Balaban J connectivity index is 2.59. The third-order valence-electron chi connectivity index (χ3n) is 3.17. The maximum absolute atomic E-state index is 11.7. The topological polar surface area (TPSA) is 46.2 Å². The highest BCUT2D eigenvalue weighted by atomic mass is 32.2. The van der Waals surface area contributed by atoms with E-state index in [0.717, 1.165) is 5.56 Å². The van der Waals surface area contributed by atoms with Crippen molar-refractivity contribution in [1.29, 1.82) is 0 Å². The van der Waals surface area contributed by atoms with Crippen LogP contribution in [0.1, 0.15) is 33.3 Å². The third-order valence-corrected chi connectivity index (χ3v) is 5.38. The van der Waals surface area contributed by atoms with Crippen molar-refractivity contribution in [3.63, 3.8) is 0 Å². The van der Waals surface area contributed by atoms with Crippen molar-refractivity contribution in [2.75, 3.05) is 12.3 Å². The van der Waals surface area contributed by atoms with Crippen molar-refractivity contribution in [3.8, 4) is 0 Å². The lowest BCUT2D eigenvalue weighted by Crippen LogP contribution is -2.40. The predicted octanol–water partition coefficient (Wildman–Crippen LogP) is 2.33. The summed E-state index contributed by atoms with van der Waals surface area (Å²) in [5, 5.41) is 3.00. The summed E-state index contributed by atoms with van der Waals surface area (Å²) in [4.78, 5) is 0. The number of hydrogen-bond donors (Lipinski definition) is 1. The first-order valence-corrected chi connectivity index (χ1v) is 7.99. The minimum Gasteiger partial charge on any atom is -0.307 e. The van der Waals surface area contributed by atoms with Gasteiger partial charge in [0.25, 0.3) is 0 Å². The fraction of sp³-hybridized carbons (Fsp3) is 0.571. The summed E-state index contributed by atoms with van der Waals surface area (Å²) < 4.78 is 23.4. The second kappa shape index (κ2) is 5.85. The summed E-state index contributed by atoms with van der Waals surface area (Å²) in [6.45, 7) is 8.03. The van der Waals surface area contributed by atoms with Crippen LogP contribution in [0.4, 0.5) is 0 Å². The van der Waals surface area contributed by atoms with E-state index in [9.17, 15) is 8.42 Å². The van der Waals surface area contributed by atoms with E-state index in [4.69, 9.17) is 0 Å². The molecule has 0 spiro atoms. The number of benzene rings is 1. The molecule has 0 aliphatic heterocycles. The normalized spacial score (nSPS) is 12.9. The summed E-state index contributed by atoms with van der Waals surface area (Å²) in [7, 11) is -2.97. The Hall–Kier alpha value is -0.870. The van der Waals surface area contributed by atoms with Gasteiger partial charge in [0.15, 0.2) is 9.84 Å². The summed E-state index contributed by atoms with van der Waals surface area (Å²) in [6.07, 6.45) is 0. The van der Waals surface area contributed by atoms with Crippen LogP contribution in [-0.4, -0.2) is 26.0 Å². The standard InChI is InChI=1S/C14H23NO2S/c1-12(2)18(16,17)11-10-15-14(3,4)13-8-6-5-7-9-13/h5-9,12,15H,10-11H2,1-4H3. The van der Waals surface area contributed by atoms with Gasteiger partial charge in [0.2, 0.25) is 0 Å². The molecule has 0 bridgehead atoms. The van der Waals surface area contributed by atoms with Crippen LogP contribution >= 0.6 is 0 Å². The lowest BCUT2D eigenvalue weighted by Gasteiger charge is -2.27. The Morgan fingerprint density at radius 1 is 1.17 bits per heavy atom. The number of nitrogens with one attached hydrogen (secondary N) is 1. The molecule has 0 aliphatic rings. The molecule has 0 saturated heterocycles. The first kappa shape index (κ1) is 15.2. The molecule has 1 N–H and O–H groups in total. The Labute approximate surface area is 111 Å². The second-order valence-corrected chi connectivity index (χ2v) is 8.01. The van der Waals surface area contributed by atoms with Crippen LogP contribution in [0.3, 0.4) is 0 Å². The van der Waals surface area contributed by atoms with Crippen molar-refractivity contribution in [2.45, 2.75) is 38.5 Å². The molecule has 1 aromatic rings. The van der Waals surface area contributed by atoms with Crippen LogP contribution < -0.4 is 5.32 Å². The fourth-order valence-electron chi connectivity index (χ4n) is 1.70. The van der Waals surface area contributed by atoms with E-state index in [2.05, 4.69) is 19.2 Å². The highest BCUT2D eigenvalue weighted by Gasteiger charge is 2.21. The van der Waals surface area contributed by atoms with Crippen LogP contribution in [0, 0.1) is 0 Å². The van der Waals surface area contributed by atoms with Gasteiger partial charge in [-0.2, -0.15) is 0 Å². The van der Waals surface area contributed by atoms with Crippen LogP contribution in [0.2, 0.25) is 0 Å². The zero-order valence-electron chi connectivity index (χ0n) is 11.6. The van der Waals surface area contributed by atoms with E-state index in [1.807, 2.05) is 30.3 Å². The zero-order chi connectivity index (χ0) is 13.8. The molecule has 3 nitrogen and oxygen atoms in total. The Bertz CT molecular complexity index is 464. The van der Waals surface area contributed by atoms with Gasteiger partial charge in [0.05, 0.1) is 11.0 Å². The lowest BCUT2D eigenvalue weighted by atomic mass is 9.94. The molecule has 1 rings (SSSR count). The molecule has 0 fully saturated rings. The highest BCUT2D eigenvalue weighted by molar-refractivity contribution is 7.92. The van der Waals surface area contributed by atoms with E-state index < -0.39 is 9.84 Å². The van der Waals surface area contributed by atoms with Crippen molar-refractivity contribution in [2.24, 2.45) is 0 Å². The first-order chi connectivity index (χ1) is 8.26. The van der Waals surface area contributed by atoms with Crippen LogP contribution in [-0.2, 0) is 15.4 Å². The molecule has 0 radical (unpaired) electrons. The summed E-state index contributed by atoms with van der Waals surface area (Å²) >= 11 is 0. The smallest absolute Gasteiger partial charge is 0.153 e. The van der Waals surface area contributed by atoms with E-state index >= 15 is 0 Å². The van der Waals surface area contributed by atoms with Gasteiger partial charge in [-0.3, -0.25) is 0 Å². The fourth-order valence-corrected chi connectivity index (χ4v) is 2.56. The molecule has 0 atom stereocenters. The average molecular weight is 269 g/mol. The van der Waals surface area contributed by atoms with Crippen molar-refractivity contribution in [1.82, 2.24) is 5.32 Å². The summed E-state index contributed by atoms with van der Waals surface area (Å²) in [5.74, 6) is 0.181. The molecular weight excluding hydrogens is 246 g/mol. The van der Waals surface area contributed by atoms with Crippen LogP contribution in [0.15, 0.2) is 30.3 Å². The molecule has 18 heavy (non-hydrogen) atoms. The molecule has 0 aliphatic carbocycles. The first-order valence-electron chi connectivity index (χ1n) is 6.28. The molecular formula is C14H23NO2S. The van der Waals surface area contributed by atoms with Crippen LogP contribution in [0.25, 0.3) is 0 Å². The zero-order valence-corrected chi connectivity index (χ0v) is 12.4. The molecule has 102 valence electrons. The Morgan fingerprint density at radius 3 is 2.22 bits per heavy atom. The van der Waals surface area contributed by atoms with Gasteiger partial charge in [-0.15, -0.1) is 0 Å². The highest BCUT2D eigenvalue weighted by Crippen LogP contribution is 2.19. The van der Waals surface area contributed by atoms with Gasteiger partial charge < -0.3 is 5.32 Å². The number of rotatable bonds is 6. The van der Waals surface area contributed by atoms with E-state index in [0.29, 0.717) is 6.54 Å². The largest absolute Gasteiger partial charge is 0.307 e. The molecule has 0 aromatic heterocycles. The van der Waals surface area contributed by atoms with Crippen molar-refractivity contribution in [3.05, 3.63) is 35.9 Å². The maximum Gasteiger partial charge on any atom is 0.153 e. The van der Waals surface area contributed by atoms with Crippen LogP contribution in [0.5, 0.6) is 0 Å². The SMILES string of the molecule is CC(C)S(=O)(=O)CCNC(C)(C)c1ccccc1. The summed E-state index contributed by atoms with van der Waals surface area (Å²) in [6, 6.07) is 10.0. The molecule has 0 amide bonds. The molecule has 4 heteroatoms. The summed E-state index contributed by atoms with van der Waals surface area (Å²) in [5.41, 5.74) is 0.945. The molecule has 1 aromatic carbocycles. The predicted molar refractivity (Wildman–Crippen MR) is 76.4 cm³/mol. The minimum atomic E-state index is -2.97. The second-order valence-electron chi connectivity index (χ2n) is 5.33. The number of hydrogen-bond acceptors (Lipinski definition) is 3. The quantitative estimate of drug-likeness (QED) is 0.862. The Morgan fingerprint density at radius 2 is 1.72 bits per heavy atom. The van der Waals surface area contributed by atoms with Crippen molar-refractivity contribution >= 4 is 9.84 Å². The van der Waals surface area contributed by atoms with Gasteiger partial charge in [-0.25, -0.2) is 8.42 Å². The molecule has 0 heterocycles. The maximum atomic E-state index is 11.7. The minimum absolute atomic E-state index is 0.181. The van der Waals surface area contributed by atoms with E-state index in [1.54, 1.807) is 13.8 Å². The van der Waals surface area contributed by atoms with Gasteiger partial charge in [0.1, 0.15) is 0 Å².